The molecule has 0 fully saturated rings. The van der Waals surface area contributed by atoms with Crippen LogP contribution in [-0.2, 0) is 11.2 Å². The summed E-state index contributed by atoms with van der Waals surface area (Å²) in [6, 6.07) is 6.62. The van der Waals surface area contributed by atoms with Gasteiger partial charge in [-0.1, -0.05) is 30.7 Å². The molecule has 0 spiro atoms. The van der Waals surface area contributed by atoms with Crippen molar-refractivity contribution in [3.05, 3.63) is 34.9 Å². The van der Waals surface area contributed by atoms with Crippen molar-refractivity contribution in [2.45, 2.75) is 27.2 Å². The van der Waals surface area contributed by atoms with Crippen LogP contribution in [0.1, 0.15) is 23.6 Å². The number of rotatable bonds is 1. The Bertz CT molecular complexity index is 299. The molecule has 2 heteroatoms. The molecule has 0 atom stereocenters. The van der Waals surface area contributed by atoms with Crippen LogP contribution in [0.4, 0.5) is 0 Å². The van der Waals surface area contributed by atoms with E-state index in [2.05, 4.69) is 39.0 Å². The van der Waals surface area contributed by atoms with Crippen LogP contribution in [-0.4, -0.2) is 6.08 Å². The van der Waals surface area contributed by atoms with Crippen LogP contribution in [0.2, 0.25) is 0 Å². The molecule has 0 unspecified atom stereocenters. The van der Waals surface area contributed by atoms with Gasteiger partial charge in [-0.15, -0.1) is 0 Å². The van der Waals surface area contributed by atoms with E-state index in [4.69, 9.17) is 10.2 Å². The third-order valence-electron chi connectivity index (χ3n) is 1.88. The van der Waals surface area contributed by atoms with Crippen LogP contribution in [0.25, 0.3) is 0 Å². The molecule has 0 aromatic heterocycles. The Hall–Kier alpha value is -1.40. The van der Waals surface area contributed by atoms with Crippen molar-refractivity contribution in [1.82, 2.24) is 0 Å². The number of benzene rings is 1. The summed E-state index contributed by atoms with van der Waals surface area (Å²) < 4.78 is 0. The van der Waals surface area contributed by atoms with Gasteiger partial charge in [-0.3, -0.25) is 0 Å². The normalized spacial score (nSPS) is 8.23. The average Bonchev–Trinajstić information content (AvgIpc) is 2.06. The highest BCUT2D eigenvalue weighted by Gasteiger charge is 1.93. The van der Waals surface area contributed by atoms with Gasteiger partial charge in [0.05, 0.1) is 0 Å². The lowest BCUT2D eigenvalue weighted by molar-refractivity contribution is 0.563. The van der Waals surface area contributed by atoms with E-state index in [0.717, 1.165) is 12.5 Å². The monoisotopic (exact) mass is 177 g/mol. The lowest BCUT2D eigenvalue weighted by Gasteiger charge is -2.02. The van der Waals surface area contributed by atoms with Gasteiger partial charge in [-0.05, 0) is 31.4 Å². The second kappa shape index (κ2) is 6.15. The quantitative estimate of drug-likeness (QED) is 0.520. The number of isocyanates is 1. The molecule has 0 aliphatic rings. The predicted octanol–water partition coefficient (Wildman–Crippen LogP) is 2.77. The highest BCUT2D eigenvalue weighted by molar-refractivity contribution is 5.30. The van der Waals surface area contributed by atoms with Crippen molar-refractivity contribution in [2.75, 3.05) is 0 Å². The summed E-state index contributed by atoms with van der Waals surface area (Å²) >= 11 is 0. The van der Waals surface area contributed by atoms with Gasteiger partial charge in [0.15, 0.2) is 0 Å². The van der Waals surface area contributed by atoms with Crippen molar-refractivity contribution >= 4 is 6.08 Å². The van der Waals surface area contributed by atoms with Gasteiger partial charge in [0, 0.05) is 0 Å². The standard InChI is InChI=1S/C10H14.CHNO/c1-4-10-6-5-8(2)7-9(10)3;2-1-3/h5-7H,4H2,1-3H3;2H. The van der Waals surface area contributed by atoms with Crippen LogP contribution >= 0.6 is 0 Å². The summed E-state index contributed by atoms with van der Waals surface area (Å²) in [4.78, 5) is 8.35. The predicted molar refractivity (Wildman–Crippen MR) is 53.7 cm³/mol. The van der Waals surface area contributed by atoms with E-state index >= 15 is 0 Å². The first-order valence-electron chi connectivity index (χ1n) is 4.25. The lowest BCUT2D eigenvalue weighted by atomic mass is 10.0. The Morgan fingerprint density at radius 2 is 1.92 bits per heavy atom. The van der Waals surface area contributed by atoms with E-state index in [1.54, 1.807) is 0 Å². The first-order valence-corrected chi connectivity index (χ1v) is 4.25. The van der Waals surface area contributed by atoms with Gasteiger partial charge in [0.2, 0.25) is 6.08 Å². The van der Waals surface area contributed by atoms with Crippen LogP contribution < -0.4 is 0 Å². The van der Waals surface area contributed by atoms with E-state index < -0.39 is 0 Å². The van der Waals surface area contributed by atoms with Crippen molar-refractivity contribution < 1.29 is 4.79 Å². The second-order valence-corrected chi connectivity index (χ2v) is 2.89. The highest BCUT2D eigenvalue weighted by Crippen LogP contribution is 2.10. The van der Waals surface area contributed by atoms with Crippen LogP contribution in [0.15, 0.2) is 18.2 Å². The first-order chi connectivity index (χ1) is 6.15. The Balaban J connectivity index is 0.000000424. The molecule has 70 valence electrons. The molecule has 1 N–H and O–H groups in total. The molecule has 0 saturated heterocycles. The number of nitrogens with one attached hydrogen (secondary N) is 1. The highest BCUT2D eigenvalue weighted by atomic mass is 16.1. The van der Waals surface area contributed by atoms with E-state index in [-0.39, 0.29) is 0 Å². The molecule has 0 amide bonds. The molecule has 0 radical (unpaired) electrons. The van der Waals surface area contributed by atoms with Crippen LogP contribution in [0.5, 0.6) is 0 Å². The summed E-state index contributed by atoms with van der Waals surface area (Å²) in [5, 5.41) is 5.40. The van der Waals surface area contributed by atoms with E-state index in [1.165, 1.54) is 16.7 Å². The maximum Gasteiger partial charge on any atom is 0.231 e. The topological polar surface area (TPSA) is 40.9 Å². The van der Waals surface area contributed by atoms with Gasteiger partial charge in [-0.2, -0.15) is 0 Å². The SMILES string of the molecule is CCc1ccc(C)cc1C.N=C=O. The molecule has 1 aromatic carbocycles. The zero-order chi connectivity index (χ0) is 10.3. The van der Waals surface area contributed by atoms with Crippen LogP contribution in [0, 0.1) is 19.3 Å². The third kappa shape index (κ3) is 4.24. The molecule has 0 aliphatic carbocycles. The fourth-order valence-electron chi connectivity index (χ4n) is 1.24. The molecule has 13 heavy (non-hydrogen) atoms. The maximum atomic E-state index is 8.35. The minimum absolute atomic E-state index is 0.750. The molecule has 1 aromatic rings. The molecule has 0 bridgehead atoms. The molecule has 0 heterocycles. The first kappa shape index (κ1) is 11.6. The fourth-order valence-corrected chi connectivity index (χ4v) is 1.24. The zero-order valence-corrected chi connectivity index (χ0v) is 8.35. The molecular formula is C11H15NO. The minimum Gasteiger partial charge on any atom is -0.222 e. The summed E-state index contributed by atoms with van der Waals surface area (Å²) in [5.74, 6) is 0. The maximum absolute atomic E-state index is 8.35. The minimum atomic E-state index is 0.750. The van der Waals surface area contributed by atoms with Crippen molar-refractivity contribution in [1.29, 1.82) is 5.41 Å². The Kier molecular flexibility index (Phi) is 5.49. The van der Waals surface area contributed by atoms with E-state index in [1.807, 2.05) is 0 Å². The lowest BCUT2D eigenvalue weighted by Crippen LogP contribution is -1.85. The van der Waals surface area contributed by atoms with Crippen LogP contribution in [0.3, 0.4) is 0 Å². The van der Waals surface area contributed by atoms with Gasteiger partial charge >= 0.3 is 0 Å². The molecule has 0 aliphatic heterocycles. The summed E-state index contributed by atoms with van der Waals surface area (Å²) in [6.45, 7) is 6.50. The van der Waals surface area contributed by atoms with E-state index in [0.29, 0.717) is 0 Å². The van der Waals surface area contributed by atoms with Gasteiger partial charge < -0.3 is 0 Å². The van der Waals surface area contributed by atoms with Gasteiger partial charge in [-0.25, -0.2) is 10.2 Å². The third-order valence-corrected chi connectivity index (χ3v) is 1.88. The molecular weight excluding hydrogens is 162 g/mol. The number of hydrogen-bond donors (Lipinski definition) is 1. The van der Waals surface area contributed by atoms with Gasteiger partial charge in [0.25, 0.3) is 0 Å². The molecule has 0 saturated carbocycles. The smallest absolute Gasteiger partial charge is 0.222 e. The van der Waals surface area contributed by atoms with E-state index in [9.17, 15) is 0 Å². The summed E-state index contributed by atoms with van der Waals surface area (Å²) in [7, 11) is 0. The average molecular weight is 177 g/mol. The number of aryl methyl sites for hydroxylation is 3. The second-order valence-electron chi connectivity index (χ2n) is 2.89. The largest absolute Gasteiger partial charge is 0.231 e. The van der Waals surface area contributed by atoms with Crippen molar-refractivity contribution in [3.63, 3.8) is 0 Å². The number of carbonyl (C=O) groups excluding carboxylic acids is 1. The summed E-state index contributed by atoms with van der Waals surface area (Å²) in [5.41, 5.74) is 4.24. The number of hydrogen-bond acceptors (Lipinski definition) is 2. The molecule has 2 nitrogen and oxygen atoms in total. The Labute approximate surface area is 79.1 Å². The van der Waals surface area contributed by atoms with Crippen molar-refractivity contribution in [2.24, 2.45) is 0 Å². The molecule has 1 rings (SSSR count). The van der Waals surface area contributed by atoms with Crippen molar-refractivity contribution in [3.8, 4) is 0 Å². The Morgan fingerprint density at radius 3 is 2.31 bits per heavy atom. The summed E-state index contributed by atoms with van der Waals surface area (Å²) in [6.07, 6.45) is 1.89. The Morgan fingerprint density at radius 1 is 1.38 bits per heavy atom. The fraction of sp³-hybridized carbons (Fsp3) is 0.364. The zero-order valence-electron chi connectivity index (χ0n) is 8.35. The van der Waals surface area contributed by atoms with Gasteiger partial charge in [0.1, 0.15) is 0 Å².